The Morgan fingerprint density at radius 3 is 2.20 bits per heavy atom. The van der Waals surface area contributed by atoms with E-state index in [9.17, 15) is 9.59 Å². The van der Waals surface area contributed by atoms with Crippen molar-refractivity contribution in [3.63, 3.8) is 0 Å². The van der Waals surface area contributed by atoms with Crippen LogP contribution in [0.15, 0.2) is 0 Å². The number of carboxylic acid groups (broad SMARTS) is 1. The van der Waals surface area contributed by atoms with Crippen molar-refractivity contribution in [3.05, 3.63) is 0 Å². The van der Waals surface area contributed by atoms with Crippen molar-refractivity contribution >= 4 is 11.9 Å². The molecule has 0 bridgehead atoms. The van der Waals surface area contributed by atoms with Gasteiger partial charge in [0, 0.05) is 6.04 Å². The lowest BCUT2D eigenvalue weighted by molar-refractivity contribution is -0.154. The third-order valence-electron chi connectivity index (χ3n) is 3.58. The number of carbonyl (C=O) groups is 2. The minimum absolute atomic E-state index is 0.145. The number of hydrogen-bond acceptors (Lipinski definition) is 2. The van der Waals surface area contributed by atoms with Gasteiger partial charge in [0.2, 0.25) is 5.91 Å². The molecule has 3 atom stereocenters. The SMILES string of the molecule is CC1CC(NC(=O)C(C)(C)C(=O)O)C1C. The van der Waals surface area contributed by atoms with E-state index in [4.69, 9.17) is 5.11 Å². The molecule has 15 heavy (non-hydrogen) atoms. The van der Waals surface area contributed by atoms with E-state index in [-0.39, 0.29) is 6.04 Å². The molecule has 4 heteroatoms. The topological polar surface area (TPSA) is 66.4 Å². The molecule has 0 aromatic rings. The summed E-state index contributed by atoms with van der Waals surface area (Å²) in [5.74, 6) is -0.416. The van der Waals surface area contributed by atoms with Crippen LogP contribution in [0.25, 0.3) is 0 Å². The molecule has 1 rings (SSSR count). The summed E-state index contributed by atoms with van der Waals surface area (Å²) >= 11 is 0. The average Bonchev–Trinajstić information content (AvgIpc) is 2.16. The Kier molecular flexibility index (Phi) is 3.07. The molecule has 0 heterocycles. The molecule has 0 aromatic heterocycles. The van der Waals surface area contributed by atoms with Crippen LogP contribution in [0.3, 0.4) is 0 Å². The van der Waals surface area contributed by atoms with Gasteiger partial charge in [0.1, 0.15) is 5.41 Å². The fourth-order valence-electron chi connectivity index (χ4n) is 1.67. The van der Waals surface area contributed by atoms with E-state index < -0.39 is 17.3 Å². The number of hydrogen-bond donors (Lipinski definition) is 2. The Balaban J connectivity index is 2.53. The Hall–Kier alpha value is -1.06. The highest BCUT2D eigenvalue weighted by molar-refractivity contribution is 6.01. The van der Waals surface area contributed by atoms with Crippen molar-refractivity contribution in [2.45, 2.75) is 40.2 Å². The van der Waals surface area contributed by atoms with Crippen molar-refractivity contribution in [2.24, 2.45) is 17.3 Å². The molecule has 86 valence electrons. The number of rotatable bonds is 3. The summed E-state index contributed by atoms with van der Waals surface area (Å²) in [5, 5.41) is 11.7. The Morgan fingerprint density at radius 2 is 1.87 bits per heavy atom. The van der Waals surface area contributed by atoms with E-state index in [1.165, 1.54) is 13.8 Å². The van der Waals surface area contributed by atoms with E-state index in [1.807, 2.05) is 0 Å². The average molecular weight is 213 g/mol. The molecule has 0 spiro atoms. The summed E-state index contributed by atoms with van der Waals surface area (Å²) in [6.07, 6.45) is 0.947. The van der Waals surface area contributed by atoms with Crippen LogP contribution >= 0.6 is 0 Å². The molecule has 0 radical (unpaired) electrons. The summed E-state index contributed by atoms with van der Waals surface area (Å²) in [7, 11) is 0. The van der Waals surface area contributed by atoms with Gasteiger partial charge in [0.05, 0.1) is 0 Å². The molecule has 1 amide bonds. The van der Waals surface area contributed by atoms with Gasteiger partial charge >= 0.3 is 5.97 Å². The van der Waals surface area contributed by atoms with Gasteiger partial charge in [-0.25, -0.2) is 0 Å². The molecular formula is C11H19NO3. The van der Waals surface area contributed by atoms with Crippen LogP contribution in [0.4, 0.5) is 0 Å². The van der Waals surface area contributed by atoms with Crippen LogP contribution in [0.5, 0.6) is 0 Å². The zero-order valence-corrected chi connectivity index (χ0v) is 9.70. The van der Waals surface area contributed by atoms with Gasteiger partial charge in [-0.3, -0.25) is 9.59 Å². The third kappa shape index (κ3) is 2.13. The lowest BCUT2D eigenvalue weighted by atomic mass is 9.71. The van der Waals surface area contributed by atoms with Crippen LogP contribution in [0, 0.1) is 17.3 Å². The van der Waals surface area contributed by atoms with Gasteiger partial charge < -0.3 is 10.4 Å². The third-order valence-corrected chi connectivity index (χ3v) is 3.58. The molecule has 0 saturated heterocycles. The fourth-order valence-corrected chi connectivity index (χ4v) is 1.67. The number of aliphatic carboxylic acids is 1. The normalized spacial score (nSPS) is 30.5. The first kappa shape index (κ1) is 12.0. The van der Waals surface area contributed by atoms with Crippen LogP contribution in [-0.2, 0) is 9.59 Å². The monoisotopic (exact) mass is 213 g/mol. The van der Waals surface area contributed by atoms with Crippen LogP contribution in [0.2, 0.25) is 0 Å². The maximum absolute atomic E-state index is 11.7. The van der Waals surface area contributed by atoms with Gasteiger partial charge in [-0.2, -0.15) is 0 Å². The summed E-state index contributed by atoms with van der Waals surface area (Å²) in [4.78, 5) is 22.5. The smallest absolute Gasteiger partial charge is 0.318 e. The zero-order chi connectivity index (χ0) is 11.8. The standard InChI is InChI=1S/C11H19NO3/c1-6-5-8(7(6)2)12-9(13)11(3,4)10(14)15/h6-8H,5H2,1-4H3,(H,12,13)(H,14,15). The summed E-state index contributed by atoms with van der Waals surface area (Å²) in [6, 6.07) is 0.145. The molecule has 1 saturated carbocycles. The van der Waals surface area contributed by atoms with Crippen molar-refractivity contribution in [2.75, 3.05) is 0 Å². The maximum atomic E-state index is 11.7. The lowest BCUT2D eigenvalue weighted by Crippen LogP contribution is -2.54. The van der Waals surface area contributed by atoms with E-state index in [0.717, 1.165) is 6.42 Å². The minimum atomic E-state index is -1.33. The number of carbonyl (C=O) groups excluding carboxylic acids is 1. The maximum Gasteiger partial charge on any atom is 0.318 e. The molecule has 3 unspecified atom stereocenters. The predicted octanol–water partition coefficient (Wildman–Crippen LogP) is 1.26. The molecule has 4 nitrogen and oxygen atoms in total. The van der Waals surface area contributed by atoms with Crippen molar-refractivity contribution in [1.29, 1.82) is 0 Å². The molecule has 0 aliphatic heterocycles. The van der Waals surface area contributed by atoms with Crippen LogP contribution < -0.4 is 5.32 Å². The van der Waals surface area contributed by atoms with E-state index in [1.54, 1.807) is 0 Å². The van der Waals surface area contributed by atoms with Crippen molar-refractivity contribution in [1.82, 2.24) is 5.32 Å². The first-order valence-corrected chi connectivity index (χ1v) is 5.31. The predicted molar refractivity (Wildman–Crippen MR) is 56.3 cm³/mol. The molecular weight excluding hydrogens is 194 g/mol. The molecule has 2 N–H and O–H groups in total. The van der Waals surface area contributed by atoms with Crippen molar-refractivity contribution < 1.29 is 14.7 Å². The Morgan fingerprint density at radius 1 is 1.33 bits per heavy atom. The number of nitrogens with one attached hydrogen (secondary N) is 1. The largest absolute Gasteiger partial charge is 0.480 e. The Labute approximate surface area is 90.0 Å². The highest BCUT2D eigenvalue weighted by Crippen LogP contribution is 2.34. The molecule has 0 aromatic carbocycles. The summed E-state index contributed by atoms with van der Waals surface area (Å²) in [5.41, 5.74) is -1.33. The molecule has 1 aliphatic rings. The fraction of sp³-hybridized carbons (Fsp3) is 0.818. The van der Waals surface area contributed by atoms with E-state index in [2.05, 4.69) is 19.2 Å². The first-order chi connectivity index (χ1) is 6.76. The second-order valence-electron chi connectivity index (χ2n) is 5.08. The van der Waals surface area contributed by atoms with Crippen LogP contribution in [-0.4, -0.2) is 23.0 Å². The Bertz CT molecular complexity index is 286. The minimum Gasteiger partial charge on any atom is -0.480 e. The second kappa shape index (κ2) is 3.83. The highest BCUT2D eigenvalue weighted by Gasteiger charge is 2.41. The van der Waals surface area contributed by atoms with Crippen LogP contribution in [0.1, 0.15) is 34.1 Å². The molecule has 1 aliphatic carbocycles. The molecule has 1 fully saturated rings. The van der Waals surface area contributed by atoms with Gasteiger partial charge in [-0.1, -0.05) is 13.8 Å². The van der Waals surface area contributed by atoms with Gasteiger partial charge in [-0.15, -0.1) is 0 Å². The number of carboxylic acids is 1. The van der Waals surface area contributed by atoms with Gasteiger partial charge in [-0.05, 0) is 32.1 Å². The van der Waals surface area contributed by atoms with Crippen molar-refractivity contribution in [3.8, 4) is 0 Å². The zero-order valence-electron chi connectivity index (χ0n) is 9.70. The van der Waals surface area contributed by atoms with E-state index in [0.29, 0.717) is 11.8 Å². The highest BCUT2D eigenvalue weighted by atomic mass is 16.4. The summed E-state index contributed by atoms with van der Waals surface area (Å²) in [6.45, 7) is 7.07. The summed E-state index contributed by atoms with van der Waals surface area (Å²) < 4.78 is 0. The number of amides is 1. The second-order valence-corrected chi connectivity index (χ2v) is 5.08. The van der Waals surface area contributed by atoms with Gasteiger partial charge in [0.25, 0.3) is 0 Å². The first-order valence-electron chi connectivity index (χ1n) is 5.31. The lowest BCUT2D eigenvalue weighted by Gasteiger charge is -2.42. The quantitative estimate of drug-likeness (QED) is 0.693. The van der Waals surface area contributed by atoms with E-state index >= 15 is 0 Å². The van der Waals surface area contributed by atoms with Gasteiger partial charge in [0.15, 0.2) is 0 Å².